The minimum absolute atomic E-state index is 0.0557. The second-order valence-electron chi connectivity index (χ2n) is 6.64. The van der Waals surface area contributed by atoms with Gasteiger partial charge < -0.3 is 10.4 Å². The van der Waals surface area contributed by atoms with Gasteiger partial charge in [0.05, 0.1) is 5.54 Å². The Kier molecular flexibility index (Phi) is 6.68. The Morgan fingerprint density at radius 3 is 2.62 bits per heavy atom. The van der Waals surface area contributed by atoms with Crippen LogP contribution in [0.15, 0.2) is 16.8 Å². The lowest BCUT2D eigenvalue weighted by Gasteiger charge is -2.48. The lowest BCUT2D eigenvalue weighted by molar-refractivity contribution is -0.192. The molecule has 2 aliphatic heterocycles. The van der Waals surface area contributed by atoms with Crippen molar-refractivity contribution < 1.29 is 27.9 Å². The van der Waals surface area contributed by atoms with E-state index in [1.165, 1.54) is 12.0 Å². The largest absolute Gasteiger partial charge is 0.490 e. The maximum atomic E-state index is 11.7. The van der Waals surface area contributed by atoms with Crippen LogP contribution >= 0.6 is 11.3 Å². The lowest BCUT2D eigenvalue weighted by atomic mass is 9.78. The molecule has 2 saturated heterocycles. The molecule has 3 rings (SSSR count). The smallest absolute Gasteiger partial charge is 0.475 e. The van der Waals surface area contributed by atoms with Crippen molar-refractivity contribution in [3.05, 3.63) is 22.4 Å². The predicted octanol–water partition coefficient (Wildman–Crippen LogP) is 3.40. The van der Waals surface area contributed by atoms with Gasteiger partial charge in [-0.25, -0.2) is 4.79 Å². The first-order valence-electron chi connectivity index (χ1n) is 8.54. The normalized spacial score (nSPS) is 26.3. The van der Waals surface area contributed by atoms with E-state index < -0.39 is 12.1 Å². The van der Waals surface area contributed by atoms with E-state index >= 15 is 0 Å². The van der Waals surface area contributed by atoms with Gasteiger partial charge in [0.25, 0.3) is 0 Å². The Morgan fingerprint density at radius 1 is 1.46 bits per heavy atom. The Labute approximate surface area is 154 Å². The minimum atomic E-state index is -5.08. The fourth-order valence-corrected chi connectivity index (χ4v) is 4.56. The van der Waals surface area contributed by atoms with E-state index in [1.54, 1.807) is 11.3 Å². The summed E-state index contributed by atoms with van der Waals surface area (Å²) in [6.45, 7) is 4.44. The van der Waals surface area contributed by atoms with Crippen molar-refractivity contribution in [2.45, 2.75) is 63.3 Å². The van der Waals surface area contributed by atoms with Gasteiger partial charge in [-0.1, -0.05) is 6.92 Å². The second kappa shape index (κ2) is 8.39. The number of nitrogens with one attached hydrogen (secondary N) is 1. The number of halogens is 3. The molecule has 9 heteroatoms. The van der Waals surface area contributed by atoms with Crippen molar-refractivity contribution >= 4 is 23.2 Å². The molecule has 3 heterocycles. The monoisotopic (exact) mass is 392 g/mol. The van der Waals surface area contributed by atoms with E-state index in [0.717, 1.165) is 32.4 Å². The second-order valence-corrected chi connectivity index (χ2v) is 7.42. The first-order chi connectivity index (χ1) is 12.2. The molecular weight excluding hydrogens is 369 g/mol. The first kappa shape index (κ1) is 20.7. The number of carboxylic acid groups (broad SMARTS) is 1. The molecule has 1 spiro atoms. The zero-order valence-electron chi connectivity index (χ0n) is 14.5. The molecule has 2 N–H and O–H groups in total. The molecule has 146 valence electrons. The highest BCUT2D eigenvalue weighted by atomic mass is 32.1. The predicted molar refractivity (Wildman–Crippen MR) is 91.8 cm³/mol. The van der Waals surface area contributed by atoms with Crippen LogP contribution in [-0.2, 0) is 16.1 Å². The maximum Gasteiger partial charge on any atom is 0.490 e. The highest BCUT2D eigenvalue weighted by molar-refractivity contribution is 7.07. The van der Waals surface area contributed by atoms with Gasteiger partial charge in [-0.05, 0) is 54.6 Å². The minimum Gasteiger partial charge on any atom is -0.475 e. The Bertz CT molecular complexity index is 621. The van der Waals surface area contributed by atoms with Gasteiger partial charge in [-0.2, -0.15) is 24.5 Å². The third kappa shape index (κ3) is 4.97. The van der Waals surface area contributed by atoms with Crippen LogP contribution in [0.2, 0.25) is 0 Å². The van der Waals surface area contributed by atoms with Gasteiger partial charge in [0.15, 0.2) is 0 Å². The number of hydrogen-bond acceptors (Lipinski definition) is 4. The fourth-order valence-electron chi connectivity index (χ4n) is 3.90. The summed E-state index contributed by atoms with van der Waals surface area (Å²) >= 11 is 1.76. The highest BCUT2D eigenvalue weighted by Crippen LogP contribution is 2.37. The molecule has 0 bridgehead atoms. The summed E-state index contributed by atoms with van der Waals surface area (Å²) in [6.07, 6.45) is 0.107. The van der Waals surface area contributed by atoms with Crippen LogP contribution in [0.25, 0.3) is 0 Å². The van der Waals surface area contributed by atoms with Crippen LogP contribution in [0.5, 0.6) is 0 Å². The summed E-state index contributed by atoms with van der Waals surface area (Å²) in [7, 11) is 0. The standard InChI is InChI=1S/C15H22N2OS.C2HF3O2/c1-2-13-15(7-4-14(18)16-15)6-3-8-17(13)10-12-5-9-19-11-12;3-2(4,5)1(6)7/h5,9,11,13H,2-4,6-8,10H2,1H3,(H,16,18);(H,6,7)/t13-,15-;/m0./s1. The van der Waals surface area contributed by atoms with Crippen LogP contribution in [0, 0.1) is 0 Å². The molecule has 2 aliphatic rings. The lowest BCUT2D eigenvalue weighted by Crippen LogP contribution is -2.61. The molecule has 1 aromatic rings. The molecule has 5 nitrogen and oxygen atoms in total. The van der Waals surface area contributed by atoms with E-state index in [1.807, 2.05) is 0 Å². The molecule has 0 unspecified atom stereocenters. The number of hydrogen-bond donors (Lipinski definition) is 2. The molecule has 0 aliphatic carbocycles. The van der Waals surface area contributed by atoms with Crippen molar-refractivity contribution in [1.29, 1.82) is 0 Å². The number of carbonyl (C=O) groups is 2. The molecule has 2 fully saturated rings. The Morgan fingerprint density at radius 2 is 2.15 bits per heavy atom. The van der Waals surface area contributed by atoms with Crippen molar-refractivity contribution in [2.75, 3.05) is 6.54 Å². The molecule has 0 saturated carbocycles. The summed E-state index contributed by atoms with van der Waals surface area (Å²) in [4.78, 5) is 23.2. The van der Waals surface area contributed by atoms with Crippen LogP contribution in [0.1, 0.15) is 44.6 Å². The third-order valence-corrected chi connectivity index (χ3v) is 5.66. The Hall–Kier alpha value is -1.61. The number of thiophene rings is 1. The fraction of sp³-hybridized carbons (Fsp3) is 0.647. The average Bonchev–Trinajstić information content (AvgIpc) is 3.18. The summed E-state index contributed by atoms with van der Waals surface area (Å²) in [6, 6.07) is 2.71. The van der Waals surface area contributed by atoms with E-state index in [2.05, 4.69) is 34.0 Å². The van der Waals surface area contributed by atoms with Gasteiger partial charge in [0.2, 0.25) is 5.91 Å². The van der Waals surface area contributed by atoms with Crippen molar-refractivity contribution in [3.63, 3.8) is 0 Å². The van der Waals surface area contributed by atoms with Gasteiger partial charge in [-0.15, -0.1) is 0 Å². The number of likely N-dealkylation sites (tertiary alicyclic amines) is 1. The van der Waals surface area contributed by atoms with Gasteiger partial charge in [-0.3, -0.25) is 9.69 Å². The zero-order chi connectivity index (χ0) is 19.4. The highest BCUT2D eigenvalue weighted by Gasteiger charge is 2.47. The summed E-state index contributed by atoms with van der Waals surface area (Å²) in [5.41, 5.74) is 1.46. The van der Waals surface area contributed by atoms with Crippen molar-refractivity contribution in [1.82, 2.24) is 10.2 Å². The summed E-state index contributed by atoms with van der Waals surface area (Å²) < 4.78 is 31.7. The van der Waals surface area contributed by atoms with Gasteiger partial charge >= 0.3 is 12.1 Å². The van der Waals surface area contributed by atoms with Gasteiger partial charge in [0.1, 0.15) is 0 Å². The van der Waals surface area contributed by atoms with Crippen molar-refractivity contribution in [2.24, 2.45) is 0 Å². The molecule has 26 heavy (non-hydrogen) atoms. The van der Waals surface area contributed by atoms with Crippen molar-refractivity contribution in [3.8, 4) is 0 Å². The first-order valence-corrected chi connectivity index (χ1v) is 9.48. The van der Waals surface area contributed by atoms with Crippen LogP contribution in [0.4, 0.5) is 13.2 Å². The quantitative estimate of drug-likeness (QED) is 0.827. The molecule has 1 amide bonds. The number of amides is 1. The number of piperidine rings is 1. The third-order valence-electron chi connectivity index (χ3n) is 4.93. The molecule has 1 aromatic heterocycles. The number of carboxylic acids is 1. The number of alkyl halides is 3. The van der Waals surface area contributed by atoms with E-state index in [0.29, 0.717) is 12.5 Å². The topological polar surface area (TPSA) is 69.6 Å². The Balaban J connectivity index is 0.000000298. The van der Waals surface area contributed by atoms with Crippen LogP contribution in [0.3, 0.4) is 0 Å². The summed E-state index contributed by atoms with van der Waals surface area (Å²) in [5, 5.41) is 14.8. The SMILES string of the molecule is CC[C@@H]1N(Cc2ccsc2)CCC[C@]12CCC(=O)N2.O=C(O)C(F)(F)F. The van der Waals surface area contributed by atoms with E-state index in [4.69, 9.17) is 9.90 Å². The summed E-state index contributed by atoms with van der Waals surface area (Å²) in [5.74, 6) is -2.51. The molecule has 0 radical (unpaired) electrons. The number of rotatable bonds is 3. The van der Waals surface area contributed by atoms with E-state index in [-0.39, 0.29) is 11.4 Å². The maximum absolute atomic E-state index is 11.7. The van der Waals surface area contributed by atoms with E-state index in [9.17, 15) is 18.0 Å². The molecule has 0 aromatic carbocycles. The average molecular weight is 392 g/mol. The number of nitrogens with zero attached hydrogens (tertiary/aromatic N) is 1. The molecular formula is C17H23F3N2O3S. The van der Waals surface area contributed by atoms with Crippen LogP contribution in [-0.4, -0.2) is 46.2 Å². The zero-order valence-corrected chi connectivity index (χ0v) is 15.3. The molecule has 2 atom stereocenters. The number of carbonyl (C=O) groups excluding carboxylic acids is 1. The van der Waals surface area contributed by atoms with Crippen LogP contribution < -0.4 is 5.32 Å². The number of aliphatic carboxylic acids is 1. The van der Waals surface area contributed by atoms with Gasteiger partial charge in [0, 0.05) is 19.0 Å².